The highest BCUT2D eigenvalue weighted by molar-refractivity contribution is 5.97. The molecule has 0 aliphatic carbocycles. The fourth-order valence-corrected chi connectivity index (χ4v) is 2.71. The molecule has 3 heteroatoms. The van der Waals surface area contributed by atoms with E-state index in [0.717, 1.165) is 18.0 Å². The topological polar surface area (TPSA) is 23.6 Å². The van der Waals surface area contributed by atoms with Gasteiger partial charge in [0, 0.05) is 12.1 Å². The number of rotatable bonds is 5. The Morgan fingerprint density at radius 3 is 2.53 bits per heavy atom. The van der Waals surface area contributed by atoms with Gasteiger partial charge in [0.2, 0.25) is 0 Å². The van der Waals surface area contributed by atoms with E-state index in [1.54, 1.807) is 0 Å². The highest BCUT2D eigenvalue weighted by Crippen LogP contribution is 2.16. The normalized spacial score (nSPS) is 17.8. The zero-order valence-corrected chi connectivity index (χ0v) is 12.0. The second kappa shape index (κ2) is 6.83. The third kappa shape index (κ3) is 4.44. The van der Waals surface area contributed by atoms with Gasteiger partial charge in [-0.2, -0.15) is 0 Å². The molecule has 1 aliphatic heterocycles. The van der Waals surface area contributed by atoms with Crippen LogP contribution in [0.5, 0.6) is 0 Å². The van der Waals surface area contributed by atoms with Gasteiger partial charge in [-0.3, -0.25) is 9.69 Å². The van der Waals surface area contributed by atoms with Crippen LogP contribution in [-0.2, 0) is 0 Å². The summed E-state index contributed by atoms with van der Waals surface area (Å²) in [5, 5.41) is 0. The molecule has 0 radical (unpaired) electrons. The van der Waals surface area contributed by atoms with Gasteiger partial charge in [0.25, 0.3) is 0 Å². The lowest BCUT2D eigenvalue weighted by molar-refractivity contribution is 0.0925. The van der Waals surface area contributed by atoms with Gasteiger partial charge in [-0.05, 0) is 45.9 Å². The molecule has 1 aromatic rings. The Bertz CT molecular complexity index is 396. The van der Waals surface area contributed by atoms with Crippen molar-refractivity contribution < 1.29 is 4.79 Å². The zero-order valence-electron chi connectivity index (χ0n) is 12.0. The number of Topliss-reactive ketones (excluding diaryl/α,β-unsaturated/α-hetero) is 1. The van der Waals surface area contributed by atoms with E-state index in [1.807, 2.05) is 30.3 Å². The fraction of sp³-hybridized carbons (Fsp3) is 0.562. The fourth-order valence-electron chi connectivity index (χ4n) is 2.71. The van der Waals surface area contributed by atoms with Gasteiger partial charge in [-0.15, -0.1) is 0 Å². The summed E-state index contributed by atoms with van der Waals surface area (Å²) >= 11 is 0. The molecule has 0 aromatic heterocycles. The van der Waals surface area contributed by atoms with Gasteiger partial charge in [-0.25, -0.2) is 0 Å². The second-order valence-corrected chi connectivity index (χ2v) is 5.73. The molecule has 0 amide bonds. The predicted octanol–water partition coefficient (Wildman–Crippen LogP) is 2.14. The maximum absolute atomic E-state index is 12.1. The molecular weight excluding hydrogens is 236 g/mol. The van der Waals surface area contributed by atoms with Crippen LogP contribution in [0.25, 0.3) is 0 Å². The predicted molar refractivity (Wildman–Crippen MR) is 78.5 cm³/mol. The summed E-state index contributed by atoms with van der Waals surface area (Å²) in [7, 11) is 4.23. The third-order valence-electron chi connectivity index (χ3n) is 3.92. The smallest absolute Gasteiger partial charge is 0.176 e. The van der Waals surface area contributed by atoms with Crippen LogP contribution in [0.1, 0.15) is 23.2 Å². The Labute approximate surface area is 116 Å². The molecule has 1 heterocycles. The number of likely N-dealkylation sites (N-methyl/N-ethyl adjacent to an activating group) is 1. The van der Waals surface area contributed by atoms with E-state index in [4.69, 9.17) is 0 Å². The summed E-state index contributed by atoms with van der Waals surface area (Å²) in [6.45, 7) is 3.93. The van der Waals surface area contributed by atoms with Gasteiger partial charge in [0.1, 0.15) is 0 Å². The number of piperidine rings is 1. The Morgan fingerprint density at radius 1 is 1.26 bits per heavy atom. The van der Waals surface area contributed by atoms with Gasteiger partial charge >= 0.3 is 0 Å². The number of likely N-dealkylation sites (tertiary alicyclic amines) is 1. The van der Waals surface area contributed by atoms with Crippen LogP contribution < -0.4 is 0 Å². The van der Waals surface area contributed by atoms with Crippen molar-refractivity contribution in [1.29, 1.82) is 0 Å². The summed E-state index contributed by atoms with van der Waals surface area (Å²) in [6, 6.07) is 9.57. The minimum atomic E-state index is 0.219. The molecule has 2 rings (SSSR count). The molecule has 19 heavy (non-hydrogen) atoms. The Morgan fingerprint density at radius 2 is 1.89 bits per heavy atom. The van der Waals surface area contributed by atoms with Gasteiger partial charge < -0.3 is 4.90 Å². The van der Waals surface area contributed by atoms with Gasteiger partial charge in [-0.1, -0.05) is 30.3 Å². The lowest BCUT2D eigenvalue weighted by atomic mass is 9.96. The van der Waals surface area contributed by atoms with Crippen molar-refractivity contribution in [3.63, 3.8) is 0 Å². The van der Waals surface area contributed by atoms with Crippen LogP contribution >= 0.6 is 0 Å². The van der Waals surface area contributed by atoms with Crippen LogP contribution in [0.4, 0.5) is 0 Å². The molecule has 104 valence electrons. The number of hydrogen-bond donors (Lipinski definition) is 0. The molecule has 1 saturated heterocycles. The number of carbonyl (C=O) groups is 1. The standard InChI is InChI=1S/C16H24N2O/c1-17-10-8-14(9-11-17)12-18(2)13-16(19)15-6-4-3-5-7-15/h3-7,14H,8-13H2,1-2H3. The number of nitrogens with zero attached hydrogens (tertiary/aromatic N) is 2. The van der Waals surface area contributed by atoms with Crippen LogP contribution in [0.3, 0.4) is 0 Å². The van der Waals surface area contributed by atoms with Gasteiger partial charge in [0.15, 0.2) is 5.78 Å². The van der Waals surface area contributed by atoms with E-state index in [9.17, 15) is 4.79 Å². The zero-order chi connectivity index (χ0) is 13.7. The third-order valence-corrected chi connectivity index (χ3v) is 3.92. The van der Waals surface area contributed by atoms with E-state index in [1.165, 1.54) is 25.9 Å². The minimum Gasteiger partial charge on any atom is -0.306 e. The van der Waals surface area contributed by atoms with E-state index in [2.05, 4.69) is 23.9 Å². The van der Waals surface area contributed by atoms with Crippen LogP contribution in [0.2, 0.25) is 0 Å². The van der Waals surface area contributed by atoms with Crippen LogP contribution in [-0.4, -0.2) is 55.9 Å². The summed E-state index contributed by atoms with van der Waals surface area (Å²) in [5.74, 6) is 0.959. The first kappa shape index (κ1) is 14.2. The largest absolute Gasteiger partial charge is 0.306 e. The Kier molecular flexibility index (Phi) is 5.11. The van der Waals surface area contributed by atoms with Crippen molar-refractivity contribution in [2.75, 3.05) is 40.3 Å². The highest BCUT2D eigenvalue weighted by atomic mass is 16.1. The highest BCUT2D eigenvalue weighted by Gasteiger charge is 2.19. The first-order chi connectivity index (χ1) is 9.15. The van der Waals surface area contributed by atoms with Crippen LogP contribution in [0, 0.1) is 5.92 Å². The number of carbonyl (C=O) groups excluding carboxylic acids is 1. The van der Waals surface area contributed by atoms with Crippen molar-refractivity contribution in [2.24, 2.45) is 5.92 Å². The number of ketones is 1. The summed E-state index contributed by atoms with van der Waals surface area (Å²) < 4.78 is 0. The minimum absolute atomic E-state index is 0.219. The average Bonchev–Trinajstić information content (AvgIpc) is 2.42. The lowest BCUT2D eigenvalue weighted by Crippen LogP contribution is -2.37. The van der Waals surface area contributed by atoms with E-state index in [-0.39, 0.29) is 5.78 Å². The molecule has 1 aliphatic rings. The van der Waals surface area contributed by atoms with Crippen molar-refractivity contribution in [3.05, 3.63) is 35.9 Å². The second-order valence-electron chi connectivity index (χ2n) is 5.73. The molecule has 0 bridgehead atoms. The summed E-state index contributed by atoms with van der Waals surface area (Å²) in [5.41, 5.74) is 0.817. The van der Waals surface area contributed by atoms with Gasteiger partial charge in [0.05, 0.1) is 6.54 Å². The molecule has 0 unspecified atom stereocenters. The number of benzene rings is 1. The average molecular weight is 260 g/mol. The SMILES string of the molecule is CN1CCC(CN(C)CC(=O)c2ccccc2)CC1. The molecule has 1 aromatic carbocycles. The van der Waals surface area contributed by atoms with E-state index < -0.39 is 0 Å². The molecule has 0 saturated carbocycles. The lowest BCUT2D eigenvalue weighted by Gasteiger charge is -2.31. The van der Waals surface area contributed by atoms with E-state index in [0.29, 0.717) is 6.54 Å². The van der Waals surface area contributed by atoms with Crippen molar-refractivity contribution in [2.45, 2.75) is 12.8 Å². The summed E-state index contributed by atoms with van der Waals surface area (Å²) in [4.78, 5) is 16.7. The van der Waals surface area contributed by atoms with Crippen molar-refractivity contribution in [3.8, 4) is 0 Å². The first-order valence-electron chi connectivity index (χ1n) is 7.10. The van der Waals surface area contributed by atoms with Crippen molar-refractivity contribution in [1.82, 2.24) is 9.80 Å². The summed E-state index contributed by atoms with van der Waals surface area (Å²) in [6.07, 6.45) is 2.50. The Hall–Kier alpha value is -1.19. The molecule has 1 fully saturated rings. The Balaban J connectivity index is 1.78. The molecule has 0 N–H and O–H groups in total. The quantitative estimate of drug-likeness (QED) is 0.758. The molecule has 3 nitrogen and oxygen atoms in total. The maximum Gasteiger partial charge on any atom is 0.176 e. The van der Waals surface area contributed by atoms with Crippen LogP contribution in [0.15, 0.2) is 30.3 Å². The molecular formula is C16H24N2O. The maximum atomic E-state index is 12.1. The van der Waals surface area contributed by atoms with Crippen molar-refractivity contribution >= 4 is 5.78 Å². The molecule has 0 spiro atoms. The molecule has 0 atom stereocenters. The van der Waals surface area contributed by atoms with E-state index >= 15 is 0 Å². The number of hydrogen-bond acceptors (Lipinski definition) is 3. The first-order valence-corrected chi connectivity index (χ1v) is 7.10. The monoisotopic (exact) mass is 260 g/mol.